The maximum Gasteiger partial charge on any atom is 0.229 e. The molecule has 0 spiro atoms. The lowest BCUT2D eigenvalue weighted by Gasteiger charge is -2.26. The summed E-state index contributed by atoms with van der Waals surface area (Å²) in [6.45, 7) is 5.02. The van der Waals surface area contributed by atoms with Gasteiger partial charge in [0.2, 0.25) is 5.91 Å². The Hall–Kier alpha value is -0.650. The number of amides is 1. The average Bonchev–Trinajstić information content (AvgIpc) is 2.56. The third kappa shape index (κ3) is 2.68. The van der Waals surface area contributed by atoms with Crippen LogP contribution in [0.2, 0.25) is 0 Å². The van der Waals surface area contributed by atoms with Gasteiger partial charge in [-0.05, 0) is 12.8 Å². The molecule has 15 heavy (non-hydrogen) atoms. The second-order valence-corrected chi connectivity index (χ2v) is 4.54. The van der Waals surface area contributed by atoms with Crippen molar-refractivity contribution in [3.05, 3.63) is 0 Å². The normalized spacial score (nSPS) is 32.7. The van der Waals surface area contributed by atoms with Crippen LogP contribution < -0.4 is 11.1 Å². The smallest absolute Gasteiger partial charge is 0.229 e. The first kappa shape index (κ1) is 12.4. The Morgan fingerprint density at radius 3 is 2.93 bits per heavy atom. The quantitative estimate of drug-likeness (QED) is 0.568. The molecular formula is C10H20N2O3. The fourth-order valence-corrected chi connectivity index (χ4v) is 1.46. The molecule has 3 atom stereocenters. The largest absolute Gasteiger partial charge is 0.396 e. The monoisotopic (exact) mass is 216 g/mol. The second-order valence-electron chi connectivity index (χ2n) is 4.54. The molecule has 5 heteroatoms. The molecule has 1 rings (SSSR count). The first-order valence-electron chi connectivity index (χ1n) is 5.23. The average molecular weight is 216 g/mol. The van der Waals surface area contributed by atoms with E-state index in [-0.39, 0.29) is 24.5 Å². The molecule has 0 saturated carbocycles. The van der Waals surface area contributed by atoms with Gasteiger partial charge in [0, 0.05) is 19.2 Å². The van der Waals surface area contributed by atoms with E-state index in [1.54, 1.807) is 0 Å². The van der Waals surface area contributed by atoms with Gasteiger partial charge in [-0.15, -0.1) is 0 Å². The molecule has 1 saturated heterocycles. The minimum Gasteiger partial charge on any atom is -0.396 e. The molecule has 0 aromatic rings. The molecule has 5 nitrogen and oxygen atoms in total. The van der Waals surface area contributed by atoms with Gasteiger partial charge in [-0.25, -0.2) is 0 Å². The fourth-order valence-electron chi connectivity index (χ4n) is 1.46. The Bertz CT molecular complexity index is 235. The summed E-state index contributed by atoms with van der Waals surface area (Å²) < 4.78 is 5.19. The zero-order valence-electron chi connectivity index (χ0n) is 9.32. The van der Waals surface area contributed by atoms with E-state index in [0.717, 1.165) is 0 Å². The number of ether oxygens (including phenoxy) is 1. The molecule has 0 bridgehead atoms. The van der Waals surface area contributed by atoms with E-state index in [1.807, 2.05) is 13.8 Å². The van der Waals surface area contributed by atoms with Crippen LogP contribution in [0.5, 0.6) is 0 Å². The number of hydrogen-bond donors (Lipinski definition) is 3. The van der Waals surface area contributed by atoms with Crippen LogP contribution in [-0.4, -0.2) is 43.4 Å². The second kappa shape index (κ2) is 4.92. The number of hydrogen-bond acceptors (Lipinski definition) is 4. The lowest BCUT2D eigenvalue weighted by molar-refractivity contribution is -0.130. The van der Waals surface area contributed by atoms with Crippen molar-refractivity contribution in [1.82, 2.24) is 5.32 Å². The van der Waals surface area contributed by atoms with Gasteiger partial charge in [0.15, 0.2) is 0 Å². The van der Waals surface area contributed by atoms with Crippen LogP contribution in [0.3, 0.4) is 0 Å². The van der Waals surface area contributed by atoms with E-state index >= 15 is 0 Å². The predicted molar refractivity (Wildman–Crippen MR) is 56.2 cm³/mol. The number of nitrogens with one attached hydrogen (secondary N) is 1. The van der Waals surface area contributed by atoms with E-state index in [1.165, 1.54) is 0 Å². The molecule has 1 fully saturated rings. The van der Waals surface area contributed by atoms with E-state index in [4.69, 9.17) is 15.6 Å². The maximum atomic E-state index is 11.8. The fraction of sp³-hybridized carbons (Fsp3) is 0.900. The Kier molecular flexibility index (Phi) is 4.07. The van der Waals surface area contributed by atoms with E-state index in [9.17, 15) is 4.79 Å². The van der Waals surface area contributed by atoms with Crippen LogP contribution in [0.4, 0.5) is 0 Å². The van der Waals surface area contributed by atoms with Crippen LogP contribution in [0.15, 0.2) is 0 Å². The highest BCUT2D eigenvalue weighted by molar-refractivity contribution is 5.83. The molecule has 1 aliphatic rings. The van der Waals surface area contributed by atoms with Crippen molar-refractivity contribution in [3.8, 4) is 0 Å². The maximum absolute atomic E-state index is 11.8. The highest BCUT2D eigenvalue weighted by Gasteiger charge is 2.44. The van der Waals surface area contributed by atoms with Crippen molar-refractivity contribution >= 4 is 5.91 Å². The van der Waals surface area contributed by atoms with Crippen LogP contribution in [-0.2, 0) is 9.53 Å². The highest BCUT2D eigenvalue weighted by atomic mass is 16.5. The first-order chi connectivity index (χ1) is 7.00. The van der Waals surface area contributed by atoms with Crippen LogP contribution in [0, 0.1) is 11.3 Å². The molecule has 88 valence electrons. The van der Waals surface area contributed by atoms with Crippen LogP contribution in [0.25, 0.3) is 0 Å². The van der Waals surface area contributed by atoms with E-state index < -0.39 is 5.41 Å². The summed E-state index contributed by atoms with van der Waals surface area (Å²) in [5.41, 5.74) is 5.19. The standard InChI is InChI=1S/C10H20N2O3/c1-7(4-13)3-12-9(14)10(2)6-15-5-8(10)11/h7-8,13H,3-6,11H2,1-2H3,(H,12,14). The van der Waals surface area contributed by atoms with Gasteiger partial charge in [-0.2, -0.15) is 0 Å². The van der Waals surface area contributed by atoms with Crippen molar-refractivity contribution in [1.29, 1.82) is 0 Å². The number of nitrogens with two attached hydrogens (primary N) is 1. The summed E-state index contributed by atoms with van der Waals surface area (Å²) >= 11 is 0. The van der Waals surface area contributed by atoms with Crippen molar-refractivity contribution in [2.24, 2.45) is 17.1 Å². The van der Waals surface area contributed by atoms with Crippen molar-refractivity contribution in [3.63, 3.8) is 0 Å². The van der Waals surface area contributed by atoms with Gasteiger partial charge in [0.25, 0.3) is 0 Å². The molecule has 1 heterocycles. The molecule has 4 N–H and O–H groups in total. The summed E-state index contributed by atoms with van der Waals surface area (Å²) in [5.74, 6) is -0.0242. The molecule has 0 aliphatic carbocycles. The number of carbonyl (C=O) groups is 1. The zero-order chi connectivity index (χ0) is 11.5. The van der Waals surface area contributed by atoms with Crippen LogP contribution >= 0.6 is 0 Å². The van der Waals surface area contributed by atoms with Crippen LogP contribution in [0.1, 0.15) is 13.8 Å². The summed E-state index contributed by atoms with van der Waals surface area (Å²) in [6, 6.07) is -0.248. The summed E-state index contributed by atoms with van der Waals surface area (Å²) in [6.07, 6.45) is 0. The lowest BCUT2D eigenvalue weighted by Crippen LogP contribution is -2.50. The third-order valence-corrected chi connectivity index (χ3v) is 2.96. The number of carbonyl (C=O) groups excluding carboxylic acids is 1. The van der Waals surface area contributed by atoms with Crippen molar-refractivity contribution in [2.75, 3.05) is 26.4 Å². The summed E-state index contributed by atoms with van der Waals surface area (Å²) in [4.78, 5) is 11.8. The zero-order valence-corrected chi connectivity index (χ0v) is 9.32. The van der Waals surface area contributed by atoms with Gasteiger partial charge in [0.1, 0.15) is 0 Å². The Morgan fingerprint density at radius 2 is 2.47 bits per heavy atom. The molecule has 0 aromatic carbocycles. The molecule has 0 aromatic heterocycles. The van der Waals surface area contributed by atoms with Gasteiger partial charge in [-0.3, -0.25) is 4.79 Å². The van der Waals surface area contributed by atoms with Gasteiger partial charge >= 0.3 is 0 Å². The molecule has 3 unspecified atom stereocenters. The minimum atomic E-state index is -0.630. The Balaban J connectivity index is 2.46. The molecule has 1 amide bonds. The minimum absolute atomic E-state index is 0.0658. The van der Waals surface area contributed by atoms with E-state index in [2.05, 4.69) is 5.32 Å². The summed E-state index contributed by atoms with van der Waals surface area (Å²) in [5, 5.41) is 11.6. The van der Waals surface area contributed by atoms with Gasteiger partial charge < -0.3 is 20.9 Å². The number of rotatable bonds is 4. The third-order valence-electron chi connectivity index (χ3n) is 2.96. The van der Waals surface area contributed by atoms with Crippen molar-refractivity contribution in [2.45, 2.75) is 19.9 Å². The van der Waals surface area contributed by atoms with Crippen molar-refractivity contribution < 1.29 is 14.6 Å². The predicted octanol–water partition coefficient (Wildman–Crippen LogP) is -0.905. The Labute approximate surface area is 90.0 Å². The molecular weight excluding hydrogens is 196 g/mol. The lowest BCUT2D eigenvalue weighted by atomic mass is 9.85. The highest BCUT2D eigenvalue weighted by Crippen LogP contribution is 2.26. The number of aliphatic hydroxyl groups is 1. The SMILES string of the molecule is CC(CO)CNC(=O)C1(C)COCC1N. The Morgan fingerprint density at radius 1 is 1.80 bits per heavy atom. The topological polar surface area (TPSA) is 84.6 Å². The summed E-state index contributed by atoms with van der Waals surface area (Å²) in [7, 11) is 0. The molecule has 1 aliphatic heterocycles. The van der Waals surface area contributed by atoms with Gasteiger partial charge in [0.05, 0.1) is 18.6 Å². The molecule has 0 radical (unpaired) electrons. The van der Waals surface area contributed by atoms with Gasteiger partial charge in [-0.1, -0.05) is 6.92 Å². The van der Waals surface area contributed by atoms with E-state index in [0.29, 0.717) is 19.8 Å². The number of aliphatic hydroxyl groups excluding tert-OH is 1. The first-order valence-corrected chi connectivity index (χ1v) is 5.23.